The Balaban J connectivity index is 2.79. The second-order valence-corrected chi connectivity index (χ2v) is 1.78. The van der Waals surface area contributed by atoms with Gasteiger partial charge in [-0.25, -0.2) is 4.98 Å². The summed E-state index contributed by atoms with van der Waals surface area (Å²) in [6, 6.07) is 0. The lowest BCUT2D eigenvalue weighted by molar-refractivity contribution is -0.0531. The SMILES string of the molecule is O=Cc1cncc(OC(F)F)n1. The molecule has 1 heterocycles. The highest BCUT2D eigenvalue weighted by Crippen LogP contribution is 2.07. The minimum absolute atomic E-state index is 0.0480. The van der Waals surface area contributed by atoms with Crippen molar-refractivity contribution in [1.29, 1.82) is 0 Å². The lowest BCUT2D eigenvalue weighted by Gasteiger charge is -2.01. The van der Waals surface area contributed by atoms with Crippen LogP contribution in [-0.4, -0.2) is 22.9 Å². The van der Waals surface area contributed by atoms with Crippen LogP contribution in [0.3, 0.4) is 0 Å². The molecule has 0 radical (unpaired) electrons. The number of aromatic nitrogens is 2. The first-order valence-electron chi connectivity index (χ1n) is 2.94. The van der Waals surface area contributed by atoms with Crippen LogP contribution in [-0.2, 0) is 0 Å². The molecule has 0 saturated heterocycles. The van der Waals surface area contributed by atoms with E-state index in [9.17, 15) is 13.6 Å². The monoisotopic (exact) mass is 174 g/mol. The molecule has 0 aliphatic heterocycles. The maximum atomic E-state index is 11.6. The van der Waals surface area contributed by atoms with E-state index in [2.05, 4.69) is 14.7 Å². The van der Waals surface area contributed by atoms with Crippen LogP contribution in [0.5, 0.6) is 5.88 Å². The van der Waals surface area contributed by atoms with Gasteiger partial charge in [-0.15, -0.1) is 0 Å². The first kappa shape index (κ1) is 8.51. The summed E-state index contributed by atoms with van der Waals surface area (Å²) in [5.74, 6) is -0.366. The van der Waals surface area contributed by atoms with Crippen molar-refractivity contribution in [2.75, 3.05) is 0 Å². The molecular weight excluding hydrogens is 170 g/mol. The van der Waals surface area contributed by atoms with Gasteiger partial charge < -0.3 is 4.74 Å². The summed E-state index contributed by atoms with van der Waals surface area (Å²) in [6.07, 6.45) is 2.54. The number of hydrogen-bond acceptors (Lipinski definition) is 4. The Kier molecular flexibility index (Phi) is 2.62. The zero-order valence-electron chi connectivity index (χ0n) is 5.78. The first-order valence-corrected chi connectivity index (χ1v) is 2.94. The van der Waals surface area contributed by atoms with Gasteiger partial charge in [-0.2, -0.15) is 8.78 Å². The van der Waals surface area contributed by atoms with Crippen molar-refractivity contribution in [3.8, 4) is 5.88 Å². The Morgan fingerprint density at radius 2 is 2.25 bits per heavy atom. The molecule has 1 aromatic rings. The number of aldehydes is 1. The molecule has 0 bridgehead atoms. The fraction of sp³-hybridized carbons (Fsp3) is 0.167. The average molecular weight is 174 g/mol. The predicted octanol–water partition coefficient (Wildman–Crippen LogP) is 0.890. The first-order chi connectivity index (χ1) is 5.72. The van der Waals surface area contributed by atoms with Crippen LogP contribution in [0, 0.1) is 0 Å². The lowest BCUT2D eigenvalue weighted by Crippen LogP contribution is -2.04. The molecule has 0 atom stereocenters. The van der Waals surface area contributed by atoms with Crippen LogP contribution < -0.4 is 4.74 Å². The largest absolute Gasteiger partial charge is 0.415 e. The van der Waals surface area contributed by atoms with E-state index in [1.54, 1.807) is 0 Å². The molecule has 0 aliphatic carbocycles. The molecule has 1 rings (SSSR count). The van der Waals surface area contributed by atoms with Gasteiger partial charge in [0.15, 0.2) is 6.29 Å². The third-order valence-electron chi connectivity index (χ3n) is 0.962. The van der Waals surface area contributed by atoms with Gasteiger partial charge in [0, 0.05) is 0 Å². The van der Waals surface area contributed by atoms with Gasteiger partial charge in [0.1, 0.15) is 5.69 Å². The smallest absolute Gasteiger partial charge is 0.388 e. The number of halogens is 2. The van der Waals surface area contributed by atoms with E-state index in [4.69, 9.17) is 0 Å². The van der Waals surface area contributed by atoms with Gasteiger partial charge in [0.25, 0.3) is 0 Å². The number of carbonyl (C=O) groups is 1. The van der Waals surface area contributed by atoms with Crippen LogP contribution in [0.1, 0.15) is 10.5 Å². The molecule has 0 fully saturated rings. The molecule has 0 amide bonds. The Morgan fingerprint density at radius 3 is 2.83 bits per heavy atom. The highest BCUT2D eigenvalue weighted by atomic mass is 19.3. The van der Waals surface area contributed by atoms with Crippen LogP contribution in [0.25, 0.3) is 0 Å². The maximum Gasteiger partial charge on any atom is 0.388 e. The van der Waals surface area contributed by atoms with Gasteiger partial charge in [0.05, 0.1) is 12.4 Å². The Morgan fingerprint density at radius 1 is 1.50 bits per heavy atom. The highest BCUT2D eigenvalue weighted by molar-refractivity contribution is 5.71. The maximum absolute atomic E-state index is 11.6. The van der Waals surface area contributed by atoms with Crippen molar-refractivity contribution in [2.45, 2.75) is 6.61 Å². The van der Waals surface area contributed by atoms with E-state index in [-0.39, 0.29) is 11.6 Å². The van der Waals surface area contributed by atoms with E-state index >= 15 is 0 Å². The molecule has 6 heteroatoms. The van der Waals surface area contributed by atoms with E-state index < -0.39 is 6.61 Å². The van der Waals surface area contributed by atoms with Gasteiger partial charge in [0.2, 0.25) is 5.88 Å². The van der Waals surface area contributed by atoms with Gasteiger partial charge in [-0.3, -0.25) is 9.78 Å². The molecule has 12 heavy (non-hydrogen) atoms. The zero-order valence-corrected chi connectivity index (χ0v) is 5.78. The van der Waals surface area contributed by atoms with Gasteiger partial charge in [-0.05, 0) is 0 Å². The fourth-order valence-corrected chi connectivity index (χ4v) is 0.567. The molecular formula is C6H4F2N2O2. The van der Waals surface area contributed by atoms with Crippen molar-refractivity contribution in [2.24, 2.45) is 0 Å². The Bertz CT molecular complexity index is 280. The fourth-order valence-electron chi connectivity index (χ4n) is 0.567. The second-order valence-electron chi connectivity index (χ2n) is 1.78. The van der Waals surface area contributed by atoms with Gasteiger partial charge >= 0.3 is 6.61 Å². The number of alkyl halides is 2. The molecule has 0 aliphatic rings. The number of nitrogens with zero attached hydrogens (tertiary/aromatic N) is 2. The molecule has 0 unspecified atom stereocenters. The predicted molar refractivity (Wildman–Crippen MR) is 34.1 cm³/mol. The summed E-state index contributed by atoms with van der Waals surface area (Å²) in [5.41, 5.74) is -0.0480. The van der Waals surface area contributed by atoms with E-state index in [0.717, 1.165) is 12.4 Å². The summed E-state index contributed by atoms with van der Waals surface area (Å²) in [7, 11) is 0. The third kappa shape index (κ3) is 2.22. The number of hydrogen-bond donors (Lipinski definition) is 0. The minimum Gasteiger partial charge on any atom is -0.415 e. The molecule has 0 aromatic carbocycles. The van der Waals surface area contributed by atoms with E-state index in [1.807, 2.05) is 0 Å². The summed E-state index contributed by atoms with van der Waals surface area (Å²) in [5, 5.41) is 0. The lowest BCUT2D eigenvalue weighted by atomic mass is 10.5. The summed E-state index contributed by atoms with van der Waals surface area (Å²) >= 11 is 0. The van der Waals surface area contributed by atoms with Crippen molar-refractivity contribution in [3.05, 3.63) is 18.1 Å². The standard InChI is InChI=1S/C6H4F2N2O2/c7-6(8)12-5-2-9-1-4(3-11)10-5/h1-3,6H. The van der Waals surface area contributed by atoms with Crippen molar-refractivity contribution >= 4 is 6.29 Å². The summed E-state index contributed by atoms with van der Waals surface area (Å²) in [6.45, 7) is -2.96. The second kappa shape index (κ2) is 3.70. The number of rotatable bonds is 3. The third-order valence-corrected chi connectivity index (χ3v) is 0.962. The molecule has 0 spiro atoms. The van der Waals surface area contributed by atoms with Crippen molar-refractivity contribution in [1.82, 2.24) is 9.97 Å². The molecule has 1 aromatic heterocycles. The average Bonchev–Trinajstić information content (AvgIpc) is 2.03. The Hall–Kier alpha value is -1.59. The van der Waals surface area contributed by atoms with Crippen LogP contribution >= 0.6 is 0 Å². The minimum atomic E-state index is -2.96. The summed E-state index contributed by atoms with van der Waals surface area (Å²) < 4.78 is 27.0. The van der Waals surface area contributed by atoms with Crippen molar-refractivity contribution in [3.63, 3.8) is 0 Å². The molecule has 0 saturated carbocycles. The number of carbonyl (C=O) groups excluding carboxylic acids is 1. The molecule has 4 nitrogen and oxygen atoms in total. The highest BCUT2D eigenvalue weighted by Gasteiger charge is 2.05. The normalized spacial score (nSPS) is 9.92. The summed E-state index contributed by atoms with van der Waals surface area (Å²) in [4.78, 5) is 17.0. The van der Waals surface area contributed by atoms with Crippen LogP contribution in [0.2, 0.25) is 0 Å². The van der Waals surface area contributed by atoms with E-state index in [1.165, 1.54) is 0 Å². The van der Waals surface area contributed by atoms with Crippen LogP contribution in [0.15, 0.2) is 12.4 Å². The quantitative estimate of drug-likeness (QED) is 0.638. The van der Waals surface area contributed by atoms with Crippen LogP contribution in [0.4, 0.5) is 8.78 Å². The topological polar surface area (TPSA) is 52.1 Å². The molecule has 64 valence electrons. The van der Waals surface area contributed by atoms with E-state index in [0.29, 0.717) is 6.29 Å². The molecule has 0 N–H and O–H groups in total. The van der Waals surface area contributed by atoms with Gasteiger partial charge in [-0.1, -0.05) is 0 Å². The number of ether oxygens (including phenoxy) is 1. The Labute approximate surface area is 66.2 Å². The zero-order chi connectivity index (χ0) is 8.97. The van der Waals surface area contributed by atoms with Crippen molar-refractivity contribution < 1.29 is 18.3 Å².